The van der Waals surface area contributed by atoms with Crippen molar-refractivity contribution >= 4 is 0 Å². The van der Waals surface area contributed by atoms with Gasteiger partial charge in [-0.2, -0.15) is 0 Å². The minimum absolute atomic E-state index is 0.0197. The van der Waals surface area contributed by atoms with Gasteiger partial charge in [-0.1, -0.05) is 5.16 Å². The first kappa shape index (κ1) is 5.31. The van der Waals surface area contributed by atoms with Gasteiger partial charge >= 0.3 is 0 Å². The lowest BCUT2D eigenvalue weighted by Gasteiger charge is -1.93. The molecular formula is C5H8N2O. The van der Waals surface area contributed by atoms with Crippen LogP contribution in [0.3, 0.4) is 0 Å². The molecular weight excluding hydrogens is 104 g/mol. The van der Waals surface area contributed by atoms with Gasteiger partial charge in [0.2, 0.25) is 0 Å². The number of hydrogen-bond acceptors (Lipinski definition) is 3. The summed E-state index contributed by atoms with van der Waals surface area (Å²) in [5.41, 5.74) is 6.23. The smallest absolute Gasteiger partial charge is 0.124 e. The second kappa shape index (κ2) is 1.96. The van der Waals surface area contributed by atoms with E-state index in [1.807, 2.05) is 6.92 Å². The van der Waals surface area contributed by atoms with E-state index in [9.17, 15) is 0 Å². The van der Waals surface area contributed by atoms with E-state index in [4.69, 9.17) is 5.73 Å². The van der Waals surface area contributed by atoms with Gasteiger partial charge in [0.15, 0.2) is 0 Å². The molecule has 0 bridgehead atoms. The number of nitrogens with zero attached hydrogens (tertiary/aromatic N) is 1. The minimum Gasteiger partial charge on any atom is -0.364 e. The van der Waals surface area contributed by atoms with Crippen LogP contribution in [-0.4, -0.2) is 5.16 Å². The molecule has 0 radical (unpaired) electrons. The topological polar surface area (TPSA) is 52.0 Å². The van der Waals surface area contributed by atoms with Crippen molar-refractivity contribution in [1.82, 2.24) is 5.16 Å². The summed E-state index contributed by atoms with van der Waals surface area (Å²) in [6.45, 7) is 1.86. The van der Waals surface area contributed by atoms with E-state index in [-0.39, 0.29) is 6.04 Å². The van der Waals surface area contributed by atoms with Gasteiger partial charge < -0.3 is 10.3 Å². The second-order valence-corrected chi connectivity index (χ2v) is 1.71. The van der Waals surface area contributed by atoms with Gasteiger partial charge in [-0.3, -0.25) is 0 Å². The van der Waals surface area contributed by atoms with Crippen LogP contribution in [0.5, 0.6) is 0 Å². The highest BCUT2D eigenvalue weighted by Crippen LogP contribution is 2.03. The molecule has 0 amide bonds. The van der Waals surface area contributed by atoms with E-state index in [1.165, 1.54) is 6.26 Å². The molecule has 1 atom stereocenters. The van der Waals surface area contributed by atoms with E-state index in [0.717, 1.165) is 5.69 Å². The molecule has 0 aliphatic carbocycles. The maximum Gasteiger partial charge on any atom is 0.124 e. The van der Waals surface area contributed by atoms with Crippen LogP contribution in [0.15, 0.2) is 16.9 Å². The van der Waals surface area contributed by atoms with E-state index in [2.05, 4.69) is 9.68 Å². The Kier molecular flexibility index (Phi) is 1.30. The summed E-state index contributed by atoms with van der Waals surface area (Å²) < 4.78 is 4.55. The first-order chi connectivity index (χ1) is 3.80. The first-order valence-electron chi connectivity index (χ1n) is 2.46. The van der Waals surface area contributed by atoms with Crippen molar-refractivity contribution < 1.29 is 4.52 Å². The van der Waals surface area contributed by atoms with Crippen LogP contribution in [0, 0.1) is 0 Å². The molecule has 0 saturated carbocycles. The highest BCUT2D eigenvalue weighted by molar-refractivity contribution is 4.99. The van der Waals surface area contributed by atoms with E-state index in [0.29, 0.717) is 0 Å². The van der Waals surface area contributed by atoms with Crippen LogP contribution in [-0.2, 0) is 0 Å². The van der Waals surface area contributed by atoms with Crippen molar-refractivity contribution in [3.05, 3.63) is 18.0 Å². The molecule has 3 nitrogen and oxygen atoms in total. The Morgan fingerprint density at radius 1 is 1.88 bits per heavy atom. The van der Waals surface area contributed by atoms with Gasteiger partial charge in [-0.05, 0) is 6.92 Å². The maximum absolute atomic E-state index is 5.44. The molecule has 0 aromatic carbocycles. The number of nitrogens with two attached hydrogens (primary N) is 1. The van der Waals surface area contributed by atoms with Gasteiger partial charge in [0, 0.05) is 12.1 Å². The number of hydrogen-bond donors (Lipinski definition) is 1. The van der Waals surface area contributed by atoms with E-state index in [1.54, 1.807) is 6.07 Å². The van der Waals surface area contributed by atoms with Gasteiger partial charge in [0.05, 0.1) is 5.69 Å². The Hall–Kier alpha value is -0.830. The highest BCUT2D eigenvalue weighted by atomic mass is 16.5. The average Bonchev–Trinajstić information content (AvgIpc) is 2.12. The van der Waals surface area contributed by atoms with Crippen molar-refractivity contribution in [2.75, 3.05) is 0 Å². The third-order valence-corrected chi connectivity index (χ3v) is 0.924. The fraction of sp³-hybridized carbons (Fsp3) is 0.400. The van der Waals surface area contributed by atoms with Crippen LogP contribution in [0.1, 0.15) is 18.7 Å². The molecule has 44 valence electrons. The molecule has 3 heteroatoms. The molecule has 1 heterocycles. The van der Waals surface area contributed by atoms with Gasteiger partial charge in [0.1, 0.15) is 6.26 Å². The fourth-order valence-electron chi connectivity index (χ4n) is 0.457. The van der Waals surface area contributed by atoms with Crippen LogP contribution >= 0.6 is 0 Å². The Balaban J connectivity index is 2.77. The van der Waals surface area contributed by atoms with Crippen LogP contribution < -0.4 is 5.73 Å². The van der Waals surface area contributed by atoms with Crippen molar-refractivity contribution in [3.63, 3.8) is 0 Å². The summed E-state index contributed by atoms with van der Waals surface area (Å²) in [6.07, 6.45) is 1.51. The Morgan fingerprint density at radius 2 is 2.62 bits per heavy atom. The van der Waals surface area contributed by atoms with E-state index >= 15 is 0 Å². The summed E-state index contributed by atoms with van der Waals surface area (Å²) in [7, 11) is 0. The molecule has 1 rings (SSSR count). The summed E-state index contributed by atoms with van der Waals surface area (Å²) in [5, 5.41) is 3.62. The predicted molar refractivity (Wildman–Crippen MR) is 29.1 cm³/mol. The quantitative estimate of drug-likeness (QED) is 0.581. The Morgan fingerprint density at radius 3 is 2.88 bits per heavy atom. The van der Waals surface area contributed by atoms with Crippen molar-refractivity contribution in [1.29, 1.82) is 0 Å². The summed E-state index contributed by atoms with van der Waals surface area (Å²) in [5.74, 6) is 0. The predicted octanol–water partition coefficient (Wildman–Crippen LogP) is 0.694. The number of aromatic nitrogens is 1. The SMILES string of the molecule is C[C@@H](N)c1ccon1. The minimum atomic E-state index is -0.0197. The lowest BCUT2D eigenvalue weighted by Crippen LogP contribution is -2.04. The second-order valence-electron chi connectivity index (χ2n) is 1.71. The fourth-order valence-corrected chi connectivity index (χ4v) is 0.457. The monoisotopic (exact) mass is 112 g/mol. The third-order valence-electron chi connectivity index (χ3n) is 0.924. The molecule has 0 aliphatic rings. The molecule has 0 saturated heterocycles. The standard InChI is InChI=1S/C5H8N2O/c1-4(6)5-2-3-8-7-5/h2-4H,6H2,1H3/t4-/m1/s1. The molecule has 0 fully saturated rings. The van der Waals surface area contributed by atoms with Crippen molar-refractivity contribution in [2.24, 2.45) is 5.73 Å². The maximum atomic E-state index is 5.44. The van der Waals surface area contributed by atoms with Gasteiger partial charge in [-0.15, -0.1) is 0 Å². The van der Waals surface area contributed by atoms with Crippen LogP contribution in [0.2, 0.25) is 0 Å². The van der Waals surface area contributed by atoms with Crippen LogP contribution in [0.25, 0.3) is 0 Å². The lowest BCUT2D eigenvalue weighted by molar-refractivity contribution is 0.407. The summed E-state index contributed by atoms with van der Waals surface area (Å²) in [6, 6.07) is 1.73. The first-order valence-corrected chi connectivity index (χ1v) is 2.46. The van der Waals surface area contributed by atoms with E-state index < -0.39 is 0 Å². The Labute approximate surface area is 47.5 Å². The van der Waals surface area contributed by atoms with Gasteiger partial charge in [-0.25, -0.2) is 0 Å². The lowest BCUT2D eigenvalue weighted by atomic mass is 10.3. The molecule has 0 unspecified atom stereocenters. The zero-order chi connectivity index (χ0) is 5.98. The average molecular weight is 112 g/mol. The molecule has 1 aromatic heterocycles. The largest absolute Gasteiger partial charge is 0.364 e. The van der Waals surface area contributed by atoms with Gasteiger partial charge in [0.25, 0.3) is 0 Å². The zero-order valence-electron chi connectivity index (χ0n) is 4.66. The third kappa shape index (κ3) is 0.869. The van der Waals surface area contributed by atoms with Crippen LogP contribution in [0.4, 0.5) is 0 Å². The number of rotatable bonds is 1. The molecule has 2 N–H and O–H groups in total. The Bertz CT molecular complexity index is 145. The molecule has 1 aromatic rings. The summed E-state index contributed by atoms with van der Waals surface area (Å²) in [4.78, 5) is 0. The van der Waals surface area contributed by atoms with Crippen molar-refractivity contribution in [3.8, 4) is 0 Å². The zero-order valence-corrected chi connectivity index (χ0v) is 4.66. The van der Waals surface area contributed by atoms with Crippen molar-refractivity contribution in [2.45, 2.75) is 13.0 Å². The molecule has 0 aliphatic heterocycles. The highest BCUT2D eigenvalue weighted by Gasteiger charge is 1.99. The normalized spacial score (nSPS) is 13.8. The molecule has 0 spiro atoms. The summed E-state index contributed by atoms with van der Waals surface area (Å²) >= 11 is 0. The molecule has 8 heavy (non-hydrogen) atoms.